The van der Waals surface area contributed by atoms with Crippen LogP contribution >= 0.6 is 0 Å². The molecule has 2 heterocycles. The number of benzene rings is 8. The van der Waals surface area contributed by atoms with Crippen molar-refractivity contribution in [2.75, 3.05) is 0 Å². The molecule has 0 aliphatic heterocycles. The van der Waals surface area contributed by atoms with Crippen LogP contribution in [-0.4, -0.2) is 15.0 Å². The Labute approximate surface area is 313 Å². The molecule has 0 amide bonds. The van der Waals surface area contributed by atoms with E-state index in [1.54, 1.807) is 0 Å². The first-order chi connectivity index (χ1) is 26.7. The Morgan fingerprint density at radius 3 is 1.57 bits per heavy atom. The van der Waals surface area contributed by atoms with Crippen molar-refractivity contribution < 1.29 is 0 Å². The second-order valence-corrected chi connectivity index (χ2v) is 13.6. The summed E-state index contributed by atoms with van der Waals surface area (Å²) in [6, 6.07) is 70.3. The number of para-hydroxylation sites is 1. The molecule has 0 atom stereocenters. The van der Waals surface area contributed by atoms with E-state index in [0.29, 0.717) is 5.82 Å². The standard InChI is InChI=1S/C51H33N3/c1-3-13-34(14-4-1)35-25-27-38(28-26-35)51-53-47(37-16-5-2-6-17-37)33-48(54-51)41-20-11-18-39(31-41)40-19-12-21-42(32-40)50-45-30-29-36-15-7-8-22-43(36)49(45)44-23-9-10-24-46(44)52-50/h1-33H. The minimum atomic E-state index is 0.695. The molecule has 3 nitrogen and oxygen atoms in total. The van der Waals surface area contributed by atoms with Crippen LogP contribution in [0.25, 0.3) is 99.9 Å². The second kappa shape index (κ2) is 13.4. The molecule has 0 aliphatic rings. The first kappa shape index (κ1) is 31.5. The fourth-order valence-corrected chi connectivity index (χ4v) is 7.57. The van der Waals surface area contributed by atoms with E-state index in [2.05, 4.69) is 188 Å². The number of pyridine rings is 1. The maximum atomic E-state index is 5.26. The molecule has 0 unspecified atom stereocenters. The van der Waals surface area contributed by atoms with E-state index in [0.717, 1.165) is 66.9 Å². The van der Waals surface area contributed by atoms with Crippen LogP contribution in [0.3, 0.4) is 0 Å². The Hall–Kier alpha value is -7.23. The van der Waals surface area contributed by atoms with Crippen molar-refractivity contribution in [3.05, 3.63) is 200 Å². The van der Waals surface area contributed by atoms with E-state index in [1.165, 1.54) is 27.1 Å². The van der Waals surface area contributed by atoms with Crippen LogP contribution in [0.4, 0.5) is 0 Å². The van der Waals surface area contributed by atoms with Crippen LogP contribution in [0.2, 0.25) is 0 Å². The number of nitrogens with zero attached hydrogens (tertiary/aromatic N) is 3. The monoisotopic (exact) mass is 687 g/mol. The number of hydrogen-bond donors (Lipinski definition) is 0. The molecule has 252 valence electrons. The summed E-state index contributed by atoms with van der Waals surface area (Å²) in [5.41, 5.74) is 12.4. The molecule has 10 aromatic rings. The van der Waals surface area contributed by atoms with E-state index in [4.69, 9.17) is 15.0 Å². The van der Waals surface area contributed by atoms with Gasteiger partial charge in [0, 0.05) is 38.4 Å². The van der Waals surface area contributed by atoms with Crippen molar-refractivity contribution in [3.8, 4) is 67.4 Å². The van der Waals surface area contributed by atoms with E-state index < -0.39 is 0 Å². The molecule has 3 heteroatoms. The van der Waals surface area contributed by atoms with Gasteiger partial charge in [0.1, 0.15) is 0 Å². The highest BCUT2D eigenvalue weighted by atomic mass is 14.9. The summed E-state index contributed by atoms with van der Waals surface area (Å²) >= 11 is 0. The molecule has 54 heavy (non-hydrogen) atoms. The minimum Gasteiger partial charge on any atom is -0.247 e. The van der Waals surface area contributed by atoms with E-state index in [1.807, 2.05) is 12.1 Å². The molecule has 0 aliphatic carbocycles. The van der Waals surface area contributed by atoms with Crippen molar-refractivity contribution in [1.29, 1.82) is 0 Å². The van der Waals surface area contributed by atoms with Gasteiger partial charge in [-0.2, -0.15) is 0 Å². The fourth-order valence-electron chi connectivity index (χ4n) is 7.57. The van der Waals surface area contributed by atoms with Crippen LogP contribution in [-0.2, 0) is 0 Å². The lowest BCUT2D eigenvalue weighted by atomic mass is 9.93. The summed E-state index contributed by atoms with van der Waals surface area (Å²) < 4.78 is 0. The van der Waals surface area contributed by atoms with Gasteiger partial charge in [-0.15, -0.1) is 0 Å². The molecular formula is C51H33N3. The zero-order chi connectivity index (χ0) is 35.8. The van der Waals surface area contributed by atoms with Crippen LogP contribution in [0, 0.1) is 0 Å². The molecule has 0 fully saturated rings. The molecule has 0 N–H and O–H groups in total. The molecule has 0 saturated heterocycles. The van der Waals surface area contributed by atoms with Gasteiger partial charge in [-0.3, -0.25) is 0 Å². The Bertz CT molecular complexity index is 2960. The van der Waals surface area contributed by atoms with Crippen LogP contribution in [0.15, 0.2) is 200 Å². The normalized spacial score (nSPS) is 11.3. The summed E-state index contributed by atoms with van der Waals surface area (Å²) in [5.74, 6) is 0.695. The van der Waals surface area contributed by atoms with Gasteiger partial charge in [0.15, 0.2) is 5.82 Å². The maximum Gasteiger partial charge on any atom is 0.160 e. The number of rotatable bonds is 6. The Morgan fingerprint density at radius 2 is 0.815 bits per heavy atom. The first-order valence-electron chi connectivity index (χ1n) is 18.3. The molecule has 8 aromatic carbocycles. The molecule has 0 radical (unpaired) electrons. The molecule has 2 aromatic heterocycles. The number of aromatic nitrogens is 3. The van der Waals surface area contributed by atoms with Gasteiger partial charge in [-0.05, 0) is 57.3 Å². The summed E-state index contributed by atoms with van der Waals surface area (Å²) in [4.78, 5) is 15.5. The molecular weight excluding hydrogens is 655 g/mol. The fraction of sp³-hybridized carbons (Fsp3) is 0. The van der Waals surface area contributed by atoms with Gasteiger partial charge in [0.25, 0.3) is 0 Å². The molecule has 0 spiro atoms. The molecule has 0 saturated carbocycles. The summed E-state index contributed by atoms with van der Waals surface area (Å²) in [6.45, 7) is 0. The largest absolute Gasteiger partial charge is 0.247 e. The van der Waals surface area contributed by atoms with Crippen molar-refractivity contribution in [1.82, 2.24) is 15.0 Å². The van der Waals surface area contributed by atoms with Crippen LogP contribution < -0.4 is 0 Å². The van der Waals surface area contributed by atoms with E-state index in [-0.39, 0.29) is 0 Å². The zero-order valence-electron chi connectivity index (χ0n) is 29.4. The van der Waals surface area contributed by atoms with E-state index in [9.17, 15) is 0 Å². The predicted molar refractivity (Wildman–Crippen MR) is 225 cm³/mol. The van der Waals surface area contributed by atoms with Crippen molar-refractivity contribution >= 4 is 32.4 Å². The lowest BCUT2D eigenvalue weighted by molar-refractivity contribution is 1.18. The quantitative estimate of drug-likeness (QED) is 0.163. The lowest BCUT2D eigenvalue weighted by Crippen LogP contribution is -1.96. The Balaban J connectivity index is 1.07. The van der Waals surface area contributed by atoms with E-state index >= 15 is 0 Å². The molecule has 0 bridgehead atoms. The van der Waals surface area contributed by atoms with Crippen molar-refractivity contribution in [2.24, 2.45) is 0 Å². The maximum absolute atomic E-state index is 5.26. The van der Waals surface area contributed by atoms with Gasteiger partial charge in [-0.25, -0.2) is 15.0 Å². The average molecular weight is 688 g/mol. The average Bonchev–Trinajstić information content (AvgIpc) is 3.26. The van der Waals surface area contributed by atoms with Gasteiger partial charge >= 0.3 is 0 Å². The van der Waals surface area contributed by atoms with Crippen molar-refractivity contribution in [3.63, 3.8) is 0 Å². The summed E-state index contributed by atoms with van der Waals surface area (Å²) in [6.07, 6.45) is 0. The summed E-state index contributed by atoms with van der Waals surface area (Å²) in [7, 11) is 0. The van der Waals surface area contributed by atoms with Crippen LogP contribution in [0.5, 0.6) is 0 Å². The third-order valence-corrected chi connectivity index (χ3v) is 10.3. The van der Waals surface area contributed by atoms with Gasteiger partial charge in [0.2, 0.25) is 0 Å². The van der Waals surface area contributed by atoms with Gasteiger partial charge in [-0.1, -0.05) is 176 Å². The highest BCUT2D eigenvalue weighted by Crippen LogP contribution is 2.38. The second-order valence-electron chi connectivity index (χ2n) is 13.6. The van der Waals surface area contributed by atoms with Gasteiger partial charge < -0.3 is 0 Å². The summed E-state index contributed by atoms with van der Waals surface area (Å²) in [5, 5.41) is 6.03. The zero-order valence-corrected chi connectivity index (χ0v) is 29.4. The Morgan fingerprint density at radius 1 is 0.278 bits per heavy atom. The van der Waals surface area contributed by atoms with Crippen LogP contribution in [0.1, 0.15) is 0 Å². The third kappa shape index (κ3) is 5.78. The minimum absolute atomic E-state index is 0.695. The smallest absolute Gasteiger partial charge is 0.160 e. The Kier molecular flexibility index (Phi) is 7.81. The lowest BCUT2D eigenvalue weighted by Gasteiger charge is -2.14. The molecule has 10 rings (SSSR count). The number of hydrogen-bond acceptors (Lipinski definition) is 3. The van der Waals surface area contributed by atoms with Gasteiger partial charge in [0.05, 0.1) is 22.6 Å². The highest BCUT2D eigenvalue weighted by Gasteiger charge is 2.15. The third-order valence-electron chi connectivity index (χ3n) is 10.3. The van der Waals surface area contributed by atoms with Crippen molar-refractivity contribution in [2.45, 2.75) is 0 Å². The SMILES string of the molecule is c1ccc(-c2ccc(-c3nc(-c4ccccc4)cc(-c4cccc(-c5cccc(-c6nc7ccccc7c7c6ccc6ccccc67)c5)c4)n3)cc2)cc1. The highest BCUT2D eigenvalue weighted by molar-refractivity contribution is 6.22. The topological polar surface area (TPSA) is 38.7 Å². The first-order valence-corrected chi connectivity index (χ1v) is 18.3. The predicted octanol–water partition coefficient (Wildman–Crippen LogP) is 13.3. The number of fused-ring (bicyclic) bond motifs is 5.